The van der Waals surface area contributed by atoms with E-state index in [1.54, 1.807) is 25.3 Å². The summed E-state index contributed by atoms with van der Waals surface area (Å²) in [6, 6.07) is 19.7. The highest BCUT2D eigenvalue weighted by atomic mass is 16.2. The Bertz CT molecular complexity index is 1260. The fourth-order valence-corrected chi connectivity index (χ4v) is 5.02. The highest BCUT2D eigenvalue weighted by molar-refractivity contribution is 5.91. The van der Waals surface area contributed by atoms with Crippen molar-refractivity contribution < 1.29 is 9.59 Å². The van der Waals surface area contributed by atoms with Gasteiger partial charge in [-0.3, -0.25) is 14.6 Å². The van der Waals surface area contributed by atoms with Gasteiger partial charge in [-0.2, -0.15) is 0 Å². The first-order chi connectivity index (χ1) is 21.0. The maximum absolute atomic E-state index is 13.9. The van der Waals surface area contributed by atoms with Crippen LogP contribution in [0.1, 0.15) is 42.7 Å². The number of hydrogen-bond donors (Lipinski definition) is 4. The minimum absolute atomic E-state index is 0.0395. The third-order valence-corrected chi connectivity index (χ3v) is 7.39. The molecular formula is C35H46N6O2. The lowest BCUT2D eigenvalue weighted by molar-refractivity contribution is -0.133. The largest absolute Gasteiger partial charge is 0.370 e. The van der Waals surface area contributed by atoms with Gasteiger partial charge in [0.25, 0.3) is 0 Å². The molecule has 1 fully saturated rings. The Morgan fingerprint density at radius 2 is 1.86 bits per heavy atom. The molecule has 1 aliphatic heterocycles. The quantitative estimate of drug-likeness (QED) is 0.0829. The number of aliphatic imine (C=N–C) groups is 1. The van der Waals surface area contributed by atoms with Crippen LogP contribution >= 0.6 is 0 Å². The molecule has 5 N–H and O–H groups in total. The second-order valence-electron chi connectivity index (χ2n) is 10.5. The van der Waals surface area contributed by atoms with Gasteiger partial charge in [0, 0.05) is 51.3 Å². The van der Waals surface area contributed by atoms with Crippen molar-refractivity contribution in [3.63, 3.8) is 0 Å². The Morgan fingerprint density at radius 3 is 2.58 bits per heavy atom. The smallest absolute Gasteiger partial charge is 0.244 e. The first kappa shape index (κ1) is 33.1. The summed E-state index contributed by atoms with van der Waals surface area (Å²) < 4.78 is 0. The minimum Gasteiger partial charge on any atom is -0.370 e. The van der Waals surface area contributed by atoms with Crippen molar-refractivity contribution in [2.75, 3.05) is 33.2 Å². The Hall–Kier alpha value is -4.43. The lowest BCUT2D eigenvalue weighted by Crippen LogP contribution is -2.49. The van der Waals surface area contributed by atoms with Gasteiger partial charge >= 0.3 is 0 Å². The number of nitrogens with two attached hydrogens (primary N) is 1. The summed E-state index contributed by atoms with van der Waals surface area (Å²) in [7, 11) is 1.64. The molecule has 0 radical (unpaired) electrons. The molecule has 3 atom stereocenters. The van der Waals surface area contributed by atoms with Gasteiger partial charge in [0.1, 0.15) is 0 Å². The van der Waals surface area contributed by atoms with E-state index in [1.807, 2.05) is 71.7 Å². The molecule has 3 rings (SSSR count). The molecule has 0 spiro atoms. The zero-order chi connectivity index (χ0) is 30.7. The first-order valence-corrected chi connectivity index (χ1v) is 15.0. The van der Waals surface area contributed by atoms with Crippen LogP contribution in [0.4, 0.5) is 0 Å². The Labute approximate surface area is 256 Å². The molecule has 1 aliphatic rings. The molecule has 1 heterocycles. The Morgan fingerprint density at radius 1 is 1.12 bits per heavy atom. The number of nitrogens with zero attached hydrogens (tertiary/aromatic N) is 2. The standard InChI is InChI=1S/C35H46N6O2/c1-3-4-5-6-11-19-30(29-17-12-8-13-18-29)27-41-25-23-31(26-39-33(42)22-21-28-15-9-7-10-16-28)40-32(34(41)43)20-14-24-38-35(36)37-2/h3-13,15-18,21-22,30-32,40H,1,14,19-20,23-27H2,2H3,(H,39,42)(H3,36,37,38)/b5-4-,11-6-,22-21+/t30?,31-,32?/m0/s1. The van der Waals surface area contributed by atoms with E-state index in [4.69, 9.17) is 5.73 Å². The maximum Gasteiger partial charge on any atom is 0.244 e. The summed E-state index contributed by atoms with van der Waals surface area (Å²) in [5.74, 6) is 0.467. The summed E-state index contributed by atoms with van der Waals surface area (Å²) in [6.07, 6.45) is 16.0. The molecule has 0 aliphatic carbocycles. The zero-order valence-corrected chi connectivity index (χ0v) is 25.2. The number of guanidine groups is 1. The number of nitrogens with one attached hydrogen (secondary N) is 3. The van der Waals surface area contributed by atoms with Crippen molar-refractivity contribution in [2.45, 2.75) is 43.7 Å². The molecular weight excluding hydrogens is 536 g/mol. The van der Waals surface area contributed by atoms with Gasteiger partial charge in [-0.05, 0) is 42.9 Å². The van der Waals surface area contributed by atoms with Crippen molar-refractivity contribution in [2.24, 2.45) is 10.7 Å². The molecule has 2 unspecified atom stereocenters. The van der Waals surface area contributed by atoms with E-state index in [2.05, 4.69) is 45.7 Å². The monoisotopic (exact) mass is 582 g/mol. The number of hydrogen-bond acceptors (Lipinski definition) is 4. The highest BCUT2D eigenvalue weighted by Gasteiger charge is 2.32. The zero-order valence-electron chi connectivity index (χ0n) is 25.2. The van der Waals surface area contributed by atoms with Crippen LogP contribution in [0.2, 0.25) is 0 Å². The summed E-state index contributed by atoms with van der Waals surface area (Å²) in [4.78, 5) is 32.4. The van der Waals surface area contributed by atoms with Crippen LogP contribution < -0.4 is 21.7 Å². The van der Waals surface area contributed by atoms with Crippen molar-refractivity contribution in [3.05, 3.63) is 115 Å². The minimum atomic E-state index is -0.367. The van der Waals surface area contributed by atoms with Gasteiger partial charge in [0.15, 0.2) is 5.96 Å². The molecule has 228 valence electrons. The van der Waals surface area contributed by atoms with E-state index in [0.29, 0.717) is 38.6 Å². The third-order valence-electron chi connectivity index (χ3n) is 7.39. The van der Waals surface area contributed by atoms with Crippen molar-refractivity contribution in [1.29, 1.82) is 0 Å². The molecule has 0 bridgehead atoms. The Kier molecular flexibility index (Phi) is 14.5. The summed E-state index contributed by atoms with van der Waals surface area (Å²) in [6.45, 7) is 6.00. The van der Waals surface area contributed by atoms with E-state index >= 15 is 0 Å². The van der Waals surface area contributed by atoms with Crippen LogP contribution in [0.5, 0.6) is 0 Å². The molecule has 8 heteroatoms. The second-order valence-corrected chi connectivity index (χ2v) is 10.5. The lowest BCUT2D eigenvalue weighted by atomic mass is 9.94. The summed E-state index contributed by atoms with van der Waals surface area (Å²) in [5, 5.41) is 9.65. The normalized spacial score (nSPS) is 18.7. The molecule has 8 nitrogen and oxygen atoms in total. The lowest BCUT2D eigenvalue weighted by Gasteiger charge is -2.29. The first-order valence-electron chi connectivity index (χ1n) is 15.0. The number of allylic oxidation sites excluding steroid dienone is 5. The molecule has 43 heavy (non-hydrogen) atoms. The number of amides is 2. The van der Waals surface area contributed by atoms with Gasteiger partial charge in [-0.25, -0.2) is 0 Å². The van der Waals surface area contributed by atoms with E-state index in [0.717, 1.165) is 24.8 Å². The molecule has 0 aromatic heterocycles. The van der Waals surface area contributed by atoms with Crippen LogP contribution in [-0.4, -0.2) is 68.0 Å². The van der Waals surface area contributed by atoms with Crippen LogP contribution in [0.15, 0.2) is 109 Å². The average molecular weight is 583 g/mol. The fourth-order valence-electron chi connectivity index (χ4n) is 5.02. The third kappa shape index (κ3) is 12.1. The predicted octanol–water partition coefficient (Wildman–Crippen LogP) is 4.16. The van der Waals surface area contributed by atoms with Crippen molar-refractivity contribution in [1.82, 2.24) is 20.9 Å². The van der Waals surface area contributed by atoms with Gasteiger partial charge in [-0.1, -0.05) is 97.6 Å². The van der Waals surface area contributed by atoms with E-state index in [1.165, 1.54) is 5.56 Å². The number of carbonyl (C=O) groups is 2. The summed E-state index contributed by atoms with van der Waals surface area (Å²) in [5.41, 5.74) is 7.95. The second kappa shape index (κ2) is 18.9. The van der Waals surface area contributed by atoms with E-state index < -0.39 is 0 Å². The van der Waals surface area contributed by atoms with Gasteiger partial charge < -0.3 is 26.6 Å². The van der Waals surface area contributed by atoms with Crippen molar-refractivity contribution in [3.8, 4) is 0 Å². The van der Waals surface area contributed by atoms with E-state index in [9.17, 15) is 9.59 Å². The molecule has 0 saturated carbocycles. The summed E-state index contributed by atoms with van der Waals surface area (Å²) >= 11 is 0. The SMILES string of the molecule is C=C/C=C\C=C/CC(CN1CC[C@@H](CNC(=O)/C=C/c2ccccc2)NC(CCCNC(N)=NC)C1=O)c1ccccc1. The average Bonchev–Trinajstić information content (AvgIpc) is 3.19. The van der Waals surface area contributed by atoms with Crippen LogP contribution in [0.3, 0.4) is 0 Å². The number of rotatable bonds is 15. The molecule has 2 aromatic rings. The van der Waals surface area contributed by atoms with Crippen LogP contribution in [0, 0.1) is 0 Å². The number of carbonyl (C=O) groups excluding carboxylic acids is 2. The Balaban J connectivity index is 1.70. The molecule has 2 amide bonds. The van der Waals surface area contributed by atoms with Crippen molar-refractivity contribution >= 4 is 23.8 Å². The maximum atomic E-state index is 13.9. The highest BCUT2D eigenvalue weighted by Crippen LogP contribution is 2.24. The van der Waals surface area contributed by atoms with Gasteiger partial charge in [0.05, 0.1) is 6.04 Å². The predicted molar refractivity (Wildman–Crippen MR) is 177 cm³/mol. The fraction of sp³-hybridized carbons (Fsp3) is 0.343. The van der Waals surface area contributed by atoms with Gasteiger partial charge in [0.2, 0.25) is 11.8 Å². The van der Waals surface area contributed by atoms with Gasteiger partial charge in [-0.15, -0.1) is 0 Å². The van der Waals surface area contributed by atoms with E-state index in [-0.39, 0.29) is 29.8 Å². The number of benzene rings is 2. The molecule has 1 saturated heterocycles. The molecule has 2 aromatic carbocycles. The topological polar surface area (TPSA) is 112 Å². The van der Waals surface area contributed by atoms with Crippen LogP contribution in [-0.2, 0) is 9.59 Å². The van der Waals surface area contributed by atoms with Crippen LogP contribution in [0.25, 0.3) is 6.08 Å².